The molecule has 120 valence electrons. The van der Waals surface area contributed by atoms with E-state index in [9.17, 15) is 4.79 Å². The van der Waals surface area contributed by atoms with E-state index in [-0.39, 0.29) is 11.6 Å². The van der Waals surface area contributed by atoms with Crippen LogP contribution in [-0.2, 0) is 4.74 Å². The van der Waals surface area contributed by atoms with Crippen molar-refractivity contribution in [1.29, 1.82) is 0 Å². The lowest BCUT2D eigenvalue weighted by atomic mass is 10.1. The van der Waals surface area contributed by atoms with E-state index >= 15 is 0 Å². The summed E-state index contributed by atoms with van der Waals surface area (Å²) in [7, 11) is 0. The van der Waals surface area contributed by atoms with Crippen LogP contribution in [0.1, 0.15) is 21.5 Å². The van der Waals surface area contributed by atoms with Crippen molar-refractivity contribution < 1.29 is 9.53 Å². The van der Waals surface area contributed by atoms with Gasteiger partial charge in [-0.2, -0.15) is 0 Å². The summed E-state index contributed by atoms with van der Waals surface area (Å²) in [6.07, 6.45) is 1.88. The number of esters is 1. The van der Waals surface area contributed by atoms with Crippen molar-refractivity contribution in [3.8, 4) is 0 Å². The maximum Gasteiger partial charge on any atom is 0.339 e. The molecule has 2 nitrogen and oxygen atoms in total. The quantitative estimate of drug-likeness (QED) is 0.448. The lowest BCUT2D eigenvalue weighted by molar-refractivity contribution is 0.0550. The molecule has 0 heterocycles. The third-order valence-corrected chi connectivity index (χ3v) is 4.41. The molecule has 0 aromatic heterocycles. The van der Waals surface area contributed by atoms with Crippen LogP contribution in [-0.4, -0.2) is 17.9 Å². The number of rotatable bonds is 5. The van der Waals surface area contributed by atoms with Gasteiger partial charge in [0.1, 0.15) is 6.61 Å². The lowest BCUT2D eigenvalue weighted by Gasteiger charge is -2.07. The largest absolute Gasteiger partial charge is 0.458 e. The van der Waals surface area contributed by atoms with E-state index < -0.39 is 5.97 Å². The molecule has 0 unspecified atom stereocenters. The number of hydrogen-bond acceptors (Lipinski definition) is 2. The smallest absolute Gasteiger partial charge is 0.339 e. The van der Waals surface area contributed by atoms with Gasteiger partial charge in [0.15, 0.2) is 0 Å². The average Bonchev–Trinajstić information content (AvgIpc) is 2.52. The second-order valence-electron chi connectivity index (χ2n) is 4.95. The van der Waals surface area contributed by atoms with Gasteiger partial charge in [-0.05, 0) is 42.3 Å². The van der Waals surface area contributed by atoms with Crippen LogP contribution < -0.4 is 0 Å². The van der Waals surface area contributed by atoms with Crippen molar-refractivity contribution in [2.24, 2.45) is 0 Å². The molecule has 0 atom stereocenters. The Kier molecular flexibility index (Phi) is 6.70. The molecule has 0 radical (unpaired) electrons. The first-order valence-corrected chi connectivity index (χ1v) is 8.83. The maximum absolute atomic E-state index is 12.0. The number of aryl methyl sites for hydroxylation is 1. The van der Waals surface area contributed by atoms with E-state index in [1.165, 1.54) is 11.6 Å². The molecule has 0 saturated carbocycles. The zero-order chi connectivity index (χ0) is 16.8. The Morgan fingerprint density at radius 1 is 1.17 bits per heavy atom. The van der Waals surface area contributed by atoms with Crippen LogP contribution in [0.4, 0.5) is 0 Å². The highest BCUT2D eigenvalue weighted by Gasteiger charge is 2.11. The predicted molar refractivity (Wildman–Crippen MR) is 99.7 cm³/mol. The van der Waals surface area contributed by atoms with Gasteiger partial charge >= 0.3 is 5.97 Å². The fraction of sp³-hybridized carbons (Fsp3) is 0.167. The van der Waals surface area contributed by atoms with E-state index in [2.05, 4.69) is 15.9 Å². The second-order valence-corrected chi connectivity index (χ2v) is 6.36. The molecule has 0 aliphatic rings. The number of alkyl halides is 1. The standard InChI is InChI=1S/C18H15BrCl2O2/c1-12-2-4-13(5-3-12)14(11-19)8-9-23-18(22)16-7-6-15(20)10-17(16)21/h2-8,10H,9,11H2,1H3/b14-8-. The number of carbonyl (C=O) groups is 1. The lowest BCUT2D eigenvalue weighted by Crippen LogP contribution is -2.06. The van der Waals surface area contributed by atoms with Gasteiger partial charge in [-0.1, -0.05) is 69.0 Å². The zero-order valence-electron chi connectivity index (χ0n) is 12.5. The molecule has 2 aromatic carbocycles. The van der Waals surface area contributed by atoms with E-state index in [0.29, 0.717) is 15.9 Å². The van der Waals surface area contributed by atoms with E-state index in [0.717, 1.165) is 11.1 Å². The molecule has 0 aliphatic heterocycles. The van der Waals surface area contributed by atoms with Crippen molar-refractivity contribution in [2.45, 2.75) is 6.92 Å². The molecular formula is C18H15BrCl2O2. The van der Waals surface area contributed by atoms with Crippen molar-refractivity contribution in [3.63, 3.8) is 0 Å². The van der Waals surface area contributed by atoms with Crippen LogP contribution in [0.3, 0.4) is 0 Å². The van der Waals surface area contributed by atoms with Crippen LogP contribution in [0, 0.1) is 6.92 Å². The van der Waals surface area contributed by atoms with Crippen LogP contribution in [0.25, 0.3) is 5.57 Å². The highest BCUT2D eigenvalue weighted by atomic mass is 79.9. The zero-order valence-corrected chi connectivity index (χ0v) is 15.6. The van der Waals surface area contributed by atoms with Gasteiger partial charge in [0.05, 0.1) is 10.6 Å². The van der Waals surface area contributed by atoms with Gasteiger partial charge in [0, 0.05) is 10.4 Å². The van der Waals surface area contributed by atoms with Gasteiger partial charge in [-0.3, -0.25) is 0 Å². The Bertz CT molecular complexity index is 724. The molecule has 0 amide bonds. The van der Waals surface area contributed by atoms with Crippen LogP contribution in [0.2, 0.25) is 10.0 Å². The third-order valence-electron chi connectivity index (χ3n) is 3.26. The summed E-state index contributed by atoms with van der Waals surface area (Å²) >= 11 is 15.3. The minimum Gasteiger partial charge on any atom is -0.458 e. The number of hydrogen-bond donors (Lipinski definition) is 0. The summed E-state index contributed by atoms with van der Waals surface area (Å²) in [5.74, 6) is -0.472. The first-order chi connectivity index (χ1) is 11.0. The normalized spacial score (nSPS) is 11.4. The molecule has 5 heteroatoms. The number of halogens is 3. The van der Waals surface area contributed by atoms with Crippen molar-refractivity contribution in [1.82, 2.24) is 0 Å². The minimum atomic E-state index is -0.472. The second kappa shape index (κ2) is 8.53. The minimum absolute atomic E-state index is 0.173. The number of ether oxygens (including phenoxy) is 1. The molecule has 0 fully saturated rings. The molecule has 23 heavy (non-hydrogen) atoms. The van der Waals surface area contributed by atoms with Crippen molar-refractivity contribution in [2.75, 3.05) is 11.9 Å². The Morgan fingerprint density at radius 3 is 2.48 bits per heavy atom. The van der Waals surface area contributed by atoms with Gasteiger partial charge in [0.2, 0.25) is 0 Å². The Morgan fingerprint density at radius 2 is 1.87 bits per heavy atom. The van der Waals surface area contributed by atoms with Crippen LogP contribution >= 0.6 is 39.1 Å². The maximum atomic E-state index is 12.0. The number of allylic oxidation sites excluding steroid dienone is 1. The highest BCUT2D eigenvalue weighted by molar-refractivity contribution is 9.09. The third kappa shape index (κ3) is 5.10. The molecule has 0 aliphatic carbocycles. The summed E-state index contributed by atoms with van der Waals surface area (Å²) in [5, 5.41) is 1.44. The van der Waals surface area contributed by atoms with E-state index in [4.69, 9.17) is 27.9 Å². The molecule has 0 spiro atoms. The van der Waals surface area contributed by atoms with Crippen molar-refractivity contribution >= 4 is 50.7 Å². The first-order valence-electron chi connectivity index (χ1n) is 6.95. The Labute approximate surface area is 154 Å². The van der Waals surface area contributed by atoms with E-state index in [1.807, 2.05) is 37.3 Å². The van der Waals surface area contributed by atoms with Crippen molar-refractivity contribution in [3.05, 3.63) is 75.3 Å². The first kappa shape index (κ1) is 18.1. The highest BCUT2D eigenvalue weighted by Crippen LogP contribution is 2.22. The average molecular weight is 414 g/mol. The van der Waals surface area contributed by atoms with Gasteiger partial charge in [-0.25, -0.2) is 4.79 Å². The van der Waals surface area contributed by atoms with Crippen LogP contribution in [0.15, 0.2) is 48.5 Å². The van der Waals surface area contributed by atoms with Crippen LogP contribution in [0.5, 0.6) is 0 Å². The SMILES string of the molecule is Cc1ccc(/C(=C\COC(=O)c2ccc(Cl)cc2Cl)CBr)cc1. The predicted octanol–water partition coefficient (Wildman–Crippen LogP) is 5.94. The fourth-order valence-electron chi connectivity index (χ4n) is 1.97. The Balaban J connectivity index is 2.04. The van der Waals surface area contributed by atoms with Gasteiger partial charge in [-0.15, -0.1) is 0 Å². The molecule has 0 N–H and O–H groups in total. The van der Waals surface area contributed by atoms with Gasteiger partial charge < -0.3 is 4.74 Å². The number of carbonyl (C=O) groups excluding carboxylic acids is 1. The molecule has 0 bridgehead atoms. The summed E-state index contributed by atoms with van der Waals surface area (Å²) < 4.78 is 5.26. The number of benzene rings is 2. The van der Waals surface area contributed by atoms with E-state index in [1.54, 1.807) is 12.1 Å². The Hall–Kier alpha value is -1.29. The fourth-order valence-corrected chi connectivity index (χ4v) is 3.01. The molecular weight excluding hydrogens is 399 g/mol. The summed E-state index contributed by atoms with van der Waals surface area (Å²) in [6.45, 7) is 2.21. The molecule has 2 rings (SSSR count). The topological polar surface area (TPSA) is 26.3 Å². The molecule has 2 aromatic rings. The van der Waals surface area contributed by atoms with Gasteiger partial charge in [0.25, 0.3) is 0 Å². The summed E-state index contributed by atoms with van der Waals surface area (Å²) in [5.41, 5.74) is 3.65. The summed E-state index contributed by atoms with van der Waals surface area (Å²) in [4.78, 5) is 12.0. The summed E-state index contributed by atoms with van der Waals surface area (Å²) in [6, 6.07) is 12.9. The monoisotopic (exact) mass is 412 g/mol. The molecule has 0 saturated heterocycles.